The minimum absolute atomic E-state index is 0.167. The molecular weight excluding hydrogens is 295 g/mol. The van der Waals surface area contributed by atoms with Crippen molar-refractivity contribution in [3.05, 3.63) is 29.6 Å². The molecule has 5 heteroatoms. The van der Waals surface area contributed by atoms with Crippen molar-refractivity contribution < 1.29 is 13.9 Å². The highest BCUT2D eigenvalue weighted by Gasteiger charge is 2.22. The molecule has 1 amide bonds. The lowest BCUT2D eigenvalue weighted by Crippen LogP contribution is -2.42. The van der Waals surface area contributed by atoms with Crippen molar-refractivity contribution in [3.63, 3.8) is 0 Å². The van der Waals surface area contributed by atoms with Gasteiger partial charge in [0.25, 0.3) is 0 Å². The van der Waals surface area contributed by atoms with Crippen LogP contribution >= 0.6 is 0 Å². The van der Waals surface area contributed by atoms with Crippen molar-refractivity contribution in [2.45, 2.75) is 57.5 Å². The second kappa shape index (κ2) is 8.29. The summed E-state index contributed by atoms with van der Waals surface area (Å²) in [5, 5.41) is 2.88. The van der Waals surface area contributed by atoms with E-state index in [4.69, 9.17) is 10.5 Å². The van der Waals surface area contributed by atoms with Crippen molar-refractivity contribution in [1.29, 1.82) is 0 Å². The van der Waals surface area contributed by atoms with E-state index in [0.29, 0.717) is 11.5 Å². The minimum Gasteiger partial charge on any atom is -0.494 e. The van der Waals surface area contributed by atoms with Crippen LogP contribution in [0.2, 0.25) is 0 Å². The Morgan fingerprint density at radius 1 is 1.39 bits per heavy atom. The summed E-state index contributed by atoms with van der Waals surface area (Å²) in [4.78, 5) is 12.3. The Hall–Kier alpha value is -1.62. The highest BCUT2D eigenvalue weighted by atomic mass is 19.1. The molecule has 0 saturated heterocycles. The van der Waals surface area contributed by atoms with Gasteiger partial charge in [0.15, 0.2) is 11.6 Å². The summed E-state index contributed by atoms with van der Waals surface area (Å²) in [7, 11) is 1.42. The molecule has 0 aliphatic heterocycles. The number of carbonyl (C=O) groups is 1. The van der Waals surface area contributed by atoms with Gasteiger partial charge in [0, 0.05) is 0 Å². The Morgan fingerprint density at radius 2 is 2.09 bits per heavy atom. The van der Waals surface area contributed by atoms with Gasteiger partial charge in [0.05, 0.1) is 19.2 Å². The Bertz CT molecular complexity index is 530. The monoisotopic (exact) mass is 322 g/mol. The molecule has 2 atom stereocenters. The second-order valence-electron chi connectivity index (χ2n) is 6.47. The summed E-state index contributed by atoms with van der Waals surface area (Å²) in [6.45, 7) is 1.83. The third-order valence-corrected chi connectivity index (χ3v) is 4.68. The normalized spacial score (nSPS) is 18.3. The lowest BCUT2D eigenvalue weighted by Gasteiger charge is -2.25. The van der Waals surface area contributed by atoms with Crippen LogP contribution in [-0.2, 0) is 4.79 Å². The van der Waals surface area contributed by atoms with Crippen LogP contribution < -0.4 is 15.8 Å². The SMILES string of the molecule is COc1ccc(C(C)NC(=O)C(N)CC2CCCCC2)cc1F. The van der Waals surface area contributed by atoms with Gasteiger partial charge >= 0.3 is 0 Å². The van der Waals surface area contributed by atoms with Gasteiger partial charge in [-0.3, -0.25) is 4.79 Å². The summed E-state index contributed by atoms with van der Waals surface area (Å²) in [6, 6.07) is 3.91. The van der Waals surface area contributed by atoms with Gasteiger partial charge in [-0.05, 0) is 37.0 Å². The van der Waals surface area contributed by atoms with E-state index in [1.807, 2.05) is 6.92 Å². The molecule has 1 aliphatic carbocycles. The first-order valence-corrected chi connectivity index (χ1v) is 8.40. The highest BCUT2D eigenvalue weighted by molar-refractivity contribution is 5.81. The van der Waals surface area contributed by atoms with Gasteiger partial charge in [-0.25, -0.2) is 4.39 Å². The molecule has 0 aromatic heterocycles. The van der Waals surface area contributed by atoms with Crippen LogP contribution in [0.25, 0.3) is 0 Å². The van der Waals surface area contributed by atoms with E-state index in [0.717, 1.165) is 6.42 Å². The number of hydrogen-bond acceptors (Lipinski definition) is 3. The van der Waals surface area contributed by atoms with Crippen molar-refractivity contribution >= 4 is 5.91 Å². The van der Waals surface area contributed by atoms with Crippen molar-refractivity contribution in [2.75, 3.05) is 7.11 Å². The second-order valence-corrected chi connectivity index (χ2v) is 6.47. The van der Waals surface area contributed by atoms with E-state index in [-0.39, 0.29) is 17.7 Å². The largest absolute Gasteiger partial charge is 0.494 e. The van der Waals surface area contributed by atoms with Crippen molar-refractivity contribution in [3.8, 4) is 5.75 Å². The average Bonchev–Trinajstić information content (AvgIpc) is 2.55. The molecule has 23 heavy (non-hydrogen) atoms. The van der Waals surface area contributed by atoms with Crippen LogP contribution in [0.3, 0.4) is 0 Å². The van der Waals surface area contributed by atoms with Gasteiger partial charge < -0.3 is 15.8 Å². The maximum Gasteiger partial charge on any atom is 0.237 e. The number of nitrogens with one attached hydrogen (secondary N) is 1. The van der Waals surface area contributed by atoms with Crippen LogP contribution in [0.1, 0.15) is 57.1 Å². The zero-order valence-electron chi connectivity index (χ0n) is 14.0. The highest BCUT2D eigenvalue weighted by Crippen LogP contribution is 2.27. The van der Waals surface area contributed by atoms with Crippen LogP contribution in [-0.4, -0.2) is 19.1 Å². The van der Waals surface area contributed by atoms with E-state index >= 15 is 0 Å². The van der Waals surface area contributed by atoms with E-state index < -0.39 is 11.9 Å². The summed E-state index contributed by atoms with van der Waals surface area (Å²) in [5.41, 5.74) is 6.74. The molecule has 128 valence electrons. The van der Waals surface area contributed by atoms with Crippen molar-refractivity contribution in [1.82, 2.24) is 5.32 Å². The molecule has 1 aromatic rings. The fourth-order valence-corrected chi connectivity index (χ4v) is 3.24. The predicted octanol–water partition coefficient (Wildman–Crippen LogP) is 3.31. The zero-order chi connectivity index (χ0) is 16.8. The number of nitrogens with two attached hydrogens (primary N) is 1. The van der Waals surface area contributed by atoms with E-state index in [2.05, 4.69) is 5.32 Å². The molecule has 1 aliphatic rings. The molecule has 0 spiro atoms. The summed E-state index contributed by atoms with van der Waals surface area (Å²) in [6.07, 6.45) is 6.83. The third kappa shape index (κ3) is 4.93. The number of halogens is 1. The molecule has 1 aromatic carbocycles. The van der Waals surface area contributed by atoms with Crippen LogP contribution in [0, 0.1) is 11.7 Å². The van der Waals surface area contributed by atoms with Crippen LogP contribution in [0.5, 0.6) is 5.75 Å². The van der Waals surface area contributed by atoms with Crippen LogP contribution in [0.15, 0.2) is 18.2 Å². The smallest absolute Gasteiger partial charge is 0.237 e. The molecule has 0 bridgehead atoms. The van der Waals surface area contributed by atoms with Gasteiger partial charge in [0.1, 0.15) is 0 Å². The first kappa shape index (κ1) is 17.7. The van der Waals surface area contributed by atoms with Crippen molar-refractivity contribution in [2.24, 2.45) is 11.7 Å². The maximum absolute atomic E-state index is 13.8. The fourth-order valence-electron chi connectivity index (χ4n) is 3.24. The molecule has 1 saturated carbocycles. The number of hydrogen-bond donors (Lipinski definition) is 2. The van der Waals surface area contributed by atoms with E-state index in [1.54, 1.807) is 12.1 Å². The van der Waals surface area contributed by atoms with Crippen LogP contribution in [0.4, 0.5) is 4.39 Å². The summed E-state index contributed by atoms with van der Waals surface area (Å²) >= 11 is 0. The van der Waals surface area contributed by atoms with Gasteiger partial charge in [-0.15, -0.1) is 0 Å². The Balaban J connectivity index is 1.89. The summed E-state index contributed by atoms with van der Waals surface area (Å²) < 4.78 is 18.7. The topological polar surface area (TPSA) is 64.3 Å². The third-order valence-electron chi connectivity index (χ3n) is 4.68. The number of methoxy groups -OCH3 is 1. The molecular formula is C18H27FN2O2. The summed E-state index contributed by atoms with van der Waals surface area (Å²) in [5.74, 6) is 0.149. The first-order valence-electron chi connectivity index (χ1n) is 8.40. The quantitative estimate of drug-likeness (QED) is 0.844. The number of benzene rings is 1. The maximum atomic E-state index is 13.8. The predicted molar refractivity (Wildman–Crippen MR) is 88.7 cm³/mol. The number of carbonyl (C=O) groups excluding carboxylic acids is 1. The fraction of sp³-hybridized carbons (Fsp3) is 0.611. The lowest BCUT2D eigenvalue weighted by molar-refractivity contribution is -0.123. The molecule has 0 radical (unpaired) electrons. The Morgan fingerprint density at radius 3 is 2.70 bits per heavy atom. The number of ether oxygens (including phenoxy) is 1. The molecule has 4 nitrogen and oxygen atoms in total. The minimum atomic E-state index is -0.497. The lowest BCUT2D eigenvalue weighted by atomic mass is 9.85. The number of amides is 1. The van der Waals surface area contributed by atoms with E-state index in [9.17, 15) is 9.18 Å². The zero-order valence-corrected chi connectivity index (χ0v) is 14.0. The van der Waals surface area contributed by atoms with Gasteiger partial charge in [-0.1, -0.05) is 38.2 Å². The first-order chi connectivity index (χ1) is 11.0. The van der Waals surface area contributed by atoms with Gasteiger partial charge in [-0.2, -0.15) is 0 Å². The van der Waals surface area contributed by atoms with Gasteiger partial charge in [0.2, 0.25) is 5.91 Å². The number of rotatable bonds is 6. The Kier molecular flexibility index (Phi) is 6.39. The Labute approximate surface area is 137 Å². The molecule has 3 N–H and O–H groups in total. The molecule has 2 rings (SSSR count). The molecule has 1 fully saturated rings. The average molecular weight is 322 g/mol. The molecule has 2 unspecified atom stereocenters. The standard InChI is InChI=1S/C18H27FN2O2/c1-12(14-8-9-17(23-2)15(19)11-14)21-18(22)16(20)10-13-6-4-3-5-7-13/h8-9,11-13,16H,3-7,10,20H2,1-2H3,(H,21,22). The van der Waals surface area contributed by atoms with E-state index in [1.165, 1.54) is 45.3 Å². The molecule has 0 heterocycles.